The zero-order chi connectivity index (χ0) is 19.6. The van der Waals surface area contributed by atoms with Gasteiger partial charge in [-0.15, -0.1) is 0 Å². The zero-order valence-electron chi connectivity index (χ0n) is 16.0. The number of unbranched alkanes of at least 4 members (excludes halogenated alkanes) is 1. The summed E-state index contributed by atoms with van der Waals surface area (Å²) in [6.07, 6.45) is 4.85. The quantitative estimate of drug-likeness (QED) is 0.544. The molecule has 27 heavy (non-hydrogen) atoms. The number of methoxy groups -OCH3 is 2. The van der Waals surface area contributed by atoms with Crippen molar-refractivity contribution in [2.45, 2.75) is 26.3 Å². The molecule has 0 spiro atoms. The Morgan fingerprint density at radius 1 is 1.11 bits per heavy atom. The molecule has 2 rings (SSSR count). The van der Waals surface area contributed by atoms with Gasteiger partial charge >= 0.3 is 0 Å². The standard InChI is InChI=1S/C21H26N2O4/c1-16-7-6-8-21(25)23(16)14-5-4-13-22-20(24)12-10-17-9-11-18(26-2)19(15-17)27-3/h6-12,15H,4-5,13-14H2,1-3H3,(H,22,24)/b12-10+. The fourth-order valence-electron chi connectivity index (χ4n) is 2.70. The number of hydrogen-bond donors (Lipinski definition) is 1. The number of amides is 1. The maximum atomic E-state index is 11.9. The van der Waals surface area contributed by atoms with Crippen LogP contribution in [0.2, 0.25) is 0 Å². The van der Waals surface area contributed by atoms with Crippen molar-refractivity contribution >= 4 is 12.0 Å². The Morgan fingerprint density at radius 2 is 1.89 bits per heavy atom. The number of rotatable bonds is 9. The maximum Gasteiger partial charge on any atom is 0.250 e. The van der Waals surface area contributed by atoms with Gasteiger partial charge in [0.05, 0.1) is 14.2 Å². The summed E-state index contributed by atoms with van der Waals surface area (Å²) in [4.78, 5) is 23.7. The van der Waals surface area contributed by atoms with Gasteiger partial charge in [0.2, 0.25) is 5.91 Å². The van der Waals surface area contributed by atoms with Crippen LogP contribution in [-0.2, 0) is 11.3 Å². The molecule has 1 aromatic carbocycles. The minimum atomic E-state index is -0.155. The maximum absolute atomic E-state index is 11.9. The molecule has 2 aromatic rings. The summed E-state index contributed by atoms with van der Waals surface area (Å²) >= 11 is 0. The Balaban J connectivity index is 1.76. The molecule has 1 heterocycles. The molecule has 0 saturated carbocycles. The molecule has 0 aliphatic rings. The van der Waals surface area contributed by atoms with E-state index in [4.69, 9.17) is 9.47 Å². The molecule has 0 radical (unpaired) electrons. The highest BCUT2D eigenvalue weighted by molar-refractivity contribution is 5.91. The van der Waals surface area contributed by atoms with Crippen LogP contribution in [0, 0.1) is 6.92 Å². The van der Waals surface area contributed by atoms with Crippen LogP contribution in [0.25, 0.3) is 6.08 Å². The summed E-state index contributed by atoms with van der Waals surface area (Å²) < 4.78 is 12.2. The van der Waals surface area contributed by atoms with Crippen LogP contribution < -0.4 is 20.3 Å². The van der Waals surface area contributed by atoms with Crippen LogP contribution in [0.3, 0.4) is 0 Å². The zero-order valence-corrected chi connectivity index (χ0v) is 16.0. The van der Waals surface area contributed by atoms with Crippen molar-refractivity contribution in [2.24, 2.45) is 0 Å². The average molecular weight is 370 g/mol. The lowest BCUT2D eigenvalue weighted by molar-refractivity contribution is -0.116. The molecule has 1 aromatic heterocycles. The number of aryl methyl sites for hydroxylation is 1. The Kier molecular flexibility index (Phi) is 7.67. The van der Waals surface area contributed by atoms with E-state index in [1.807, 2.05) is 25.1 Å². The van der Waals surface area contributed by atoms with Gasteiger partial charge < -0.3 is 19.4 Å². The third-order valence-electron chi connectivity index (χ3n) is 4.21. The molecule has 0 bridgehead atoms. The lowest BCUT2D eigenvalue weighted by Crippen LogP contribution is -2.24. The molecule has 1 amide bonds. The molecule has 0 saturated heterocycles. The molecule has 6 nitrogen and oxygen atoms in total. The van der Waals surface area contributed by atoms with Gasteiger partial charge in [-0.3, -0.25) is 9.59 Å². The SMILES string of the molecule is COc1ccc(/C=C/C(=O)NCCCCn2c(C)cccc2=O)cc1OC. The van der Waals surface area contributed by atoms with Gasteiger partial charge in [0.25, 0.3) is 5.56 Å². The fourth-order valence-corrected chi connectivity index (χ4v) is 2.70. The highest BCUT2D eigenvalue weighted by Gasteiger charge is 2.03. The molecule has 1 N–H and O–H groups in total. The third-order valence-corrected chi connectivity index (χ3v) is 4.21. The second kappa shape index (κ2) is 10.2. The lowest BCUT2D eigenvalue weighted by atomic mass is 10.2. The Morgan fingerprint density at radius 3 is 2.59 bits per heavy atom. The molecular formula is C21H26N2O4. The number of carbonyl (C=O) groups excluding carboxylic acids is 1. The summed E-state index contributed by atoms with van der Waals surface area (Å²) in [5.74, 6) is 1.11. The van der Waals surface area contributed by atoms with E-state index in [1.54, 1.807) is 43.1 Å². The van der Waals surface area contributed by atoms with E-state index >= 15 is 0 Å². The van der Waals surface area contributed by atoms with Crippen LogP contribution in [0.4, 0.5) is 0 Å². The first-order valence-corrected chi connectivity index (χ1v) is 8.89. The van der Waals surface area contributed by atoms with E-state index in [0.29, 0.717) is 24.6 Å². The average Bonchev–Trinajstić information content (AvgIpc) is 2.67. The van der Waals surface area contributed by atoms with Gasteiger partial charge in [0.1, 0.15) is 0 Å². The van der Waals surface area contributed by atoms with Crippen LogP contribution >= 0.6 is 0 Å². The first kappa shape index (κ1) is 20.3. The second-order valence-electron chi connectivity index (χ2n) is 6.10. The highest BCUT2D eigenvalue weighted by Crippen LogP contribution is 2.27. The van der Waals surface area contributed by atoms with Gasteiger partial charge in [-0.25, -0.2) is 0 Å². The van der Waals surface area contributed by atoms with Crippen LogP contribution in [-0.4, -0.2) is 31.2 Å². The predicted molar refractivity (Wildman–Crippen MR) is 106 cm³/mol. The molecule has 0 aliphatic heterocycles. The predicted octanol–water partition coefficient (Wildman–Crippen LogP) is 2.78. The van der Waals surface area contributed by atoms with Crippen molar-refractivity contribution in [3.8, 4) is 11.5 Å². The number of nitrogens with one attached hydrogen (secondary N) is 1. The van der Waals surface area contributed by atoms with E-state index in [1.165, 1.54) is 6.08 Å². The monoisotopic (exact) mass is 370 g/mol. The first-order chi connectivity index (χ1) is 13.0. The Bertz CT molecular complexity index is 856. The van der Waals surface area contributed by atoms with Crippen molar-refractivity contribution < 1.29 is 14.3 Å². The van der Waals surface area contributed by atoms with Crippen molar-refractivity contribution in [3.63, 3.8) is 0 Å². The highest BCUT2D eigenvalue weighted by atomic mass is 16.5. The second-order valence-corrected chi connectivity index (χ2v) is 6.10. The number of benzene rings is 1. The first-order valence-electron chi connectivity index (χ1n) is 8.89. The fraction of sp³-hybridized carbons (Fsp3) is 0.333. The number of pyridine rings is 1. The van der Waals surface area contributed by atoms with Crippen molar-refractivity contribution in [1.29, 1.82) is 0 Å². The summed E-state index contributed by atoms with van der Waals surface area (Å²) in [6.45, 7) is 3.14. The van der Waals surface area contributed by atoms with E-state index in [2.05, 4.69) is 5.32 Å². The Hall–Kier alpha value is -3.02. The molecule has 0 aliphatic carbocycles. The number of nitrogens with zero attached hydrogens (tertiary/aromatic N) is 1. The molecule has 144 valence electrons. The third kappa shape index (κ3) is 6.02. The Labute approximate surface area is 159 Å². The molecule has 0 atom stereocenters. The van der Waals surface area contributed by atoms with Crippen LogP contribution in [0.1, 0.15) is 24.1 Å². The minimum absolute atomic E-state index is 0.0110. The minimum Gasteiger partial charge on any atom is -0.493 e. The van der Waals surface area contributed by atoms with E-state index in [0.717, 1.165) is 24.1 Å². The van der Waals surface area contributed by atoms with Crippen molar-refractivity contribution in [2.75, 3.05) is 20.8 Å². The van der Waals surface area contributed by atoms with Gasteiger partial charge in [-0.1, -0.05) is 12.1 Å². The molecule has 6 heteroatoms. The van der Waals surface area contributed by atoms with Gasteiger partial charge in [0.15, 0.2) is 11.5 Å². The smallest absolute Gasteiger partial charge is 0.250 e. The van der Waals surface area contributed by atoms with Crippen LogP contribution in [0.5, 0.6) is 11.5 Å². The topological polar surface area (TPSA) is 69.6 Å². The normalized spacial score (nSPS) is 10.8. The van der Waals surface area contributed by atoms with E-state index in [-0.39, 0.29) is 11.5 Å². The number of hydrogen-bond acceptors (Lipinski definition) is 4. The number of carbonyl (C=O) groups is 1. The molecular weight excluding hydrogens is 344 g/mol. The van der Waals surface area contributed by atoms with Gasteiger partial charge in [-0.2, -0.15) is 0 Å². The van der Waals surface area contributed by atoms with Crippen molar-refractivity contribution in [1.82, 2.24) is 9.88 Å². The summed E-state index contributed by atoms with van der Waals surface area (Å²) in [5, 5.41) is 2.85. The number of ether oxygens (including phenoxy) is 2. The largest absolute Gasteiger partial charge is 0.493 e. The lowest BCUT2D eigenvalue weighted by Gasteiger charge is -2.09. The summed E-state index contributed by atoms with van der Waals surface area (Å²) in [5.41, 5.74) is 1.81. The van der Waals surface area contributed by atoms with Crippen LogP contribution in [0.15, 0.2) is 47.3 Å². The molecule has 0 fully saturated rings. The van der Waals surface area contributed by atoms with Gasteiger partial charge in [-0.05, 0) is 49.6 Å². The molecule has 0 unspecified atom stereocenters. The summed E-state index contributed by atoms with van der Waals surface area (Å²) in [6, 6.07) is 10.7. The van der Waals surface area contributed by atoms with E-state index < -0.39 is 0 Å². The van der Waals surface area contributed by atoms with Crippen molar-refractivity contribution in [3.05, 3.63) is 64.1 Å². The van der Waals surface area contributed by atoms with Gasteiger partial charge in [0, 0.05) is 30.9 Å². The van der Waals surface area contributed by atoms with E-state index in [9.17, 15) is 9.59 Å². The number of aromatic nitrogens is 1. The summed E-state index contributed by atoms with van der Waals surface area (Å²) in [7, 11) is 3.15.